The summed E-state index contributed by atoms with van der Waals surface area (Å²) in [5.74, 6) is 0.978. The van der Waals surface area contributed by atoms with Crippen molar-refractivity contribution in [2.75, 3.05) is 6.54 Å². The largest absolute Gasteiger partial charge is 0.345 e. The first kappa shape index (κ1) is 9.59. The Labute approximate surface area is 93.7 Å². The van der Waals surface area contributed by atoms with Gasteiger partial charge in [-0.2, -0.15) is 5.10 Å². The Hall–Kier alpha value is -1.62. The molecule has 0 saturated carbocycles. The highest BCUT2D eigenvalue weighted by atomic mass is 15.3. The molecule has 0 fully saturated rings. The van der Waals surface area contributed by atoms with E-state index in [1.165, 1.54) is 11.3 Å². The van der Waals surface area contributed by atoms with Crippen LogP contribution in [0.25, 0.3) is 11.4 Å². The quantitative estimate of drug-likeness (QED) is 0.765. The highest BCUT2D eigenvalue weighted by Crippen LogP contribution is 2.30. The van der Waals surface area contributed by atoms with E-state index in [0.29, 0.717) is 6.54 Å². The number of rotatable bonds is 2. The molecule has 0 unspecified atom stereocenters. The normalized spacial score (nSPS) is 13.6. The molecule has 0 saturated heterocycles. The molecule has 2 aromatic rings. The number of nitrogens with zero attached hydrogens (tertiary/aromatic N) is 3. The number of hydrogen-bond donors (Lipinski definition) is 2. The van der Waals surface area contributed by atoms with E-state index in [9.17, 15) is 0 Å². The molecule has 16 heavy (non-hydrogen) atoms. The number of fused-ring (bicyclic) bond motifs is 3. The molecule has 2 heterocycles. The van der Waals surface area contributed by atoms with E-state index in [1.807, 2.05) is 11.7 Å². The molecule has 0 atom stereocenters. The second kappa shape index (κ2) is 3.45. The molecular weight excluding hydrogens is 202 g/mol. The minimum absolute atomic E-state index is 0.626. The van der Waals surface area contributed by atoms with Crippen LogP contribution in [0.15, 0.2) is 6.20 Å². The van der Waals surface area contributed by atoms with Gasteiger partial charge in [0, 0.05) is 30.9 Å². The highest BCUT2D eigenvalue weighted by molar-refractivity contribution is 5.64. The fourth-order valence-corrected chi connectivity index (χ4v) is 2.28. The summed E-state index contributed by atoms with van der Waals surface area (Å²) in [4.78, 5) is 7.93. The van der Waals surface area contributed by atoms with Crippen LogP contribution < -0.4 is 5.73 Å². The molecule has 0 bridgehead atoms. The number of aryl methyl sites for hydroxylation is 3. The summed E-state index contributed by atoms with van der Waals surface area (Å²) >= 11 is 0. The van der Waals surface area contributed by atoms with Crippen molar-refractivity contribution in [3.05, 3.63) is 23.3 Å². The van der Waals surface area contributed by atoms with E-state index in [-0.39, 0.29) is 0 Å². The van der Waals surface area contributed by atoms with Gasteiger partial charge in [0.15, 0.2) is 0 Å². The van der Waals surface area contributed by atoms with Crippen molar-refractivity contribution in [3.63, 3.8) is 0 Å². The summed E-state index contributed by atoms with van der Waals surface area (Å²) < 4.78 is 1.86. The second-order valence-corrected chi connectivity index (χ2v) is 4.23. The summed E-state index contributed by atoms with van der Waals surface area (Å²) in [6.07, 6.45) is 4.94. The van der Waals surface area contributed by atoms with Crippen molar-refractivity contribution < 1.29 is 0 Å². The number of aromatic nitrogens is 4. The van der Waals surface area contributed by atoms with E-state index in [4.69, 9.17) is 5.73 Å². The lowest BCUT2D eigenvalue weighted by Gasteiger charge is -2.07. The summed E-state index contributed by atoms with van der Waals surface area (Å²) in [5.41, 5.74) is 10.1. The molecule has 5 heteroatoms. The third kappa shape index (κ3) is 1.36. The van der Waals surface area contributed by atoms with E-state index in [1.54, 1.807) is 0 Å². The third-order valence-electron chi connectivity index (χ3n) is 2.98. The molecule has 0 spiro atoms. The van der Waals surface area contributed by atoms with Crippen molar-refractivity contribution in [1.82, 2.24) is 19.7 Å². The Morgan fingerprint density at radius 2 is 2.31 bits per heavy atom. The van der Waals surface area contributed by atoms with Gasteiger partial charge in [-0.1, -0.05) is 0 Å². The van der Waals surface area contributed by atoms with Crippen molar-refractivity contribution in [1.29, 1.82) is 0 Å². The Morgan fingerprint density at radius 3 is 3.12 bits per heavy atom. The average Bonchev–Trinajstić information content (AvgIpc) is 2.79. The number of aromatic amines is 1. The molecule has 3 N–H and O–H groups in total. The zero-order valence-electron chi connectivity index (χ0n) is 9.32. The molecule has 0 aliphatic heterocycles. The van der Waals surface area contributed by atoms with E-state index in [2.05, 4.69) is 21.3 Å². The van der Waals surface area contributed by atoms with Gasteiger partial charge in [0.25, 0.3) is 0 Å². The van der Waals surface area contributed by atoms with Crippen LogP contribution in [0.5, 0.6) is 0 Å². The van der Waals surface area contributed by atoms with Crippen LogP contribution >= 0.6 is 0 Å². The number of imidazole rings is 1. The van der Waals surface area contributed by atoms with Crippen molar-refractivity contribution in [2.24, 2.45) is 12.8 Å². The second-order valence-electron chi connectivity index (χ2n) is 4.23. The molecular formula is C11H15N5. The van der Waals surface area contributed by atoms with Crippen LogP contribution in [0.2, 0.25) is 0 Å². The summed E-state index contributed by atoms with van der Waals surface area (Å²) in [6.45, 7) is 0.626. The van der Waals surface area contributed by atoms with Gasteiger partial charge in [0.1, 0.15) is 17.2 Å². The van der Waals surface area contributed by atoms with Crippen molar-refractivity contribution in [2.45, 2.75) is 19.3 Å². The number of nitrogens with one attached hydrogen (secondary N) is 1. The van der Waals surface area contributed by atoms with Gasteiger partial charge in [0.2, 0.25) is 0 Å². The molecule has 0 amide bonds. The van der Waals surface area contributed by atoms with Crippen LogP contribution in [0, 0.1) is 0 Å². The van der Waals surface area contributed by atoms with Crippen LogP contribution in [-0.4, -0.2) is 26.3 Å². The molecule has 1 aliphatic carbocycles. The van der Waals surface area contributed by atoms with Crippen LogP contribution in [-0.2, 0) is 26.3 Å². The zero-order chi connectivity index (χ0) is 11.1. The molecule has 84 valence electrons. The van der Waals surface area contributed by atoms with E-state index < -0.39 is 0 Å². The molecule has 5 nitrogen and oxygen atoms in total. The van der Waals surface area contributed by atoms with Gasteiger partial charge < -0.3 is 10.7 Å². The average molecular weight is 217 g/mol. The van der Waals surface area contributed by atoms with Gasteiger partial charge in [-0.25, -0.2) is 4.98 Å². The maximum absolute atomic E-state index is 5.54. The van der Waals surface area contributed by atoms with Crippen molar-refractivity contribution in [3.8, 4) is 11.4 Å². The van der Waals surface area contributed by atoms with Crippen LogP contribution in [0.4, 0.5) is 0 Å². The van der Waals surface area contributed by atoms with E-state index in [0.717, 1.165) is 36.5 Å². The van der Waals surface area contributed by atoms with Gasteiger partial charge in [-0.15, -0.1) is 0 Å². The Balaban J connectivity index is 2.09. The smallest absolute Gasteiger partial charge is 0.116 e. The predicted octanol–water partition coefficient (Wildman–Crippen LogP) is 0.410. The summed E-state index contributed by atoms with van der Waals surface area (Å²) in [7, 11) is 1.95. The van der Waals surface area contributed by atoms with E-state index >= 15 is 0 Å². The molecule has 3 rings (SSSR count). The Morgan fingerprint density at radius 1 is 1.44 bits per heavy atom. The topological polar surface area (TPSA) is 72.5 Å². The lowest BCUT2D eigenvalue weighted by atomic mass is 9.99. The monoisotopic (exact) mass is 217 g/mol. The molecule has 2 aromatic heterocycles. The lowest BCUT2D eigenvalue weighted by Crippen LogP contribution is -2.04. The lowest BCUT2D eigenvalue weighted by molar-refractivity contribution is 0.769. The van der Waals surface area contributed by atoms with Gasteiger partial charge in [-0.05, 0) is 19.4 Å². The summed E-state index contributed by atoms with van der Waals surface area (Å²) in [5, 5.41) is 4.47. The zero-order valence-corrected chi connectivity index (χ0v) is 9.32. The maximum atomic E-state index is 5.54. The minimum atomic E-state index is 0.626. The first-order valence-corrected chi connectivity index (χ1v) is 5.58. The number of nitrogens with two attached hydrogens (primary N) is 1. The maximum Gasteiger partial charge on any atom is 0.116 e. The molecule has 0 radical (unpaired) electrons. The number of H-pyrrole nitrogens is 1. The first-order valence-electron chi connectivity index (χ1n) is 5.58. The summed E-state index contributed by atoms with van der Waals surface area (Å²) in [6, 6.07) is 0. The fourth-order valence-electron chi connectivity index (χ4n) is 2.28. The van der Waals surface area contributed by atoms with Gasteiger partial charge in [-0.3, -0.25) is 4.68 Å². The van der Waals surface area contributed by atoms with Gasteiger partial charge >= 0.3 is 0 Å². The first-order chi connectivity index (χ1) is 7.78. The van der Waals surface area contributed by atoms with Crippen LogP contribution in [0.3, 0.4) is 0 Å². The molecule has 1 aliphatic rings. The Bertz CT molecular complexity index is 522. The SMILES string of the molecule is Cn1cc2c(n1)-c1nc(CCN)[nH]c1CC2. The molecule has 0 aromatic carbocycles. The minimum Gasteiger partial charge on any atom is -0.345 e. The Kier molecular flexibility index (Phi) is 2.07. The third-order valence-corrected chi connectivity index (χ3v) is 2.98. The predicted molar refractivity (Wildman–Crippen MR) is 61.0 cm³/mol. The fraction of sp³-hybridized carbons (Fsp3) is 0.455. The van der Waals surface area contributed by atoms with Crippen molar-refractivity contribution >= 4 is 0 Å². The highest BCUT2D eigenvalue weighted by Gasteiger charge is 2.22. The van der Waals surface area contributed by atoms with Gasteiger partial charge in [0.05, 0.1) is 0 Å². The standard InChI is InChI=1S/C11H15N5/c1-16-6-7-2-3-8-11(10(7)15-16)14-9(13-8)4-5-12/h6H,2-5,12H2,1H3,(H,13,14). The number of hydrogen-bond acceptors (Lipinski definition) is 3. The van der Waals surface area contributed by atoms with Crippen LogP contribution in [0.1, 0.15) is 17.1 Å².